The fourth-order valence-corrected chi connectivity index (χ4v) is 5.13. The molecule has 5 heteroatoms. The normalized spacial score (nSPS) is 29.4. The van der Waals surface area contributed by atoms with Crippen molar-refractivity contribution in [3.05, 3.63) is 27.7 Å². The lowest BCUT2D eigenvalue weighted by Gasteiger charge is -2.29. The lowest BCUT2D eigenvalue weighted by atomic mass is 9.84. The van der Waals surface area contributed by atoms with Crippen LogP contribution in [0.5, 0.6) is 0 Å². The molecular weight excluding hydrogens is 307 g/mol. The maximum Gasteiger partial charge on any atom is 0.178 e. The van der Waals surface area contributed by atoms with Crippen LogP contribution in [0.3, 0.4) is 0 Å². The number of H-pyrrole nitrogens is 1. The van der Waals surface area contributed by atoms with Gasteiger partial charge in [-0.1, -0.05) is 18.0 Å². The molecule has 4 unspecified atom stereocenters. The predicted molar refractivity (Wildman–Crippen MR) is 85.7 cm³/mol. The van der Waals surface area contributed by atoms with Crippen molar-refractivity contribution in [2.24, 2.45) is 17.8 Å². The van der Waals surface area contributed by atoms with Gasteiger partial charge in [-0.2, -0.15) is 0 Å². The summed E-state index contributed by atoms with van der Waals surface area (Å²) in [5.41, 5.74) is 1.65. The van der Waals surface area contributed by atoms with Crippen molar-refractivity contribution in [3.8, 4) is 0 Å². The predicted octanol–water partition coefficient (Wildman–Crippen LogP) is 5.49. The monoisotopic (exact) mass is 324 g/mol. The fraction of sp³-hybridized carbons (Fsp3) is 0.562. The number of hydrogen-bond acceptors (Lipinski definition) is 1. The molecule has 2 aromatic rings. The number of fused-ring (bicyclic) bond motifs is 3. The van der Waals surface area contributed by atoms with Crippen LogP contribution in [0.2, 0.25) is 5.02 Å². The lowest BCUT2D eigenvalue weighted by molar-refractivity contribution is 0.245. The van der Waals surface area contributed by atoms with Gasteiger partial charge >= 0.3 is 0 Å². The Labute approximate surface area is 133 Å². The summed E-state index contributed by atoms with van der Waals surface area (Å²) in [6.07, 6.45) is 5.42. The highest BCUT2D eigenvalue weighted by molar-refractivity contribution is 7.71. The van der Waals surface area contributed by atoms with Crippen LogP contribution < -0.4 is 0 Å². The first-order chi connectivity index (χ1) is 10.0. The standard InChI is InChI=1S/C16H18ClFN2S/c1-8(11-5-9-2-3-10(11)4-9)20-15-6-12(17)13(18)7-14(15)19-16(20)21/h6-11H,2-5H2,1H3,(H,19,21). The minimum Gasteiger partial charge on any atom is -0.330 e. The number of hydrogen-bond donors (Lipinski definition) is 1. The van der Waals surface area contributed by atoms with Crippen molar-refractivity contribution < 1.29 is 4.39 Å². The summed E-state index contributed by atoms with van der Waals surface area (Å²) in [7, 11) is 0. The molecule has 2 saturated carbocycles. The van der Waals surface area contributed by atoms with E-state index in [-0.39, 0.29) is 5.02 Å². The second-order valence-electron chi connectivity index (χ2n) is 6.66. The average molecular weight is 325 g/mol. The first-order valence-corrected chi connectivity index (χ1v) is 8.42. The number of benzene rings is 1. The quantitative estimate of drug-likeness (QED) is 0.724. The molecule has 2 fully saturated rings. The zero-order chi connectivity index (χ0) is 14.7. The minimum atomic E-state index is -0.403. The van der Waals surface area contributed by atoms with Crippen LogP contribution in [0.4, 0.5) is 4.39 Å². The van der Waals surface area contributed by atoms with Crippen molar-refractivity contribution in [2.45, 2.75) is 38.6 Å². The molecule has 1 aromatic heterocycles. The number of nitrogens with one attached hydrogen (secondary N) is 1. The van der Waals surface area contributed by atoms with Gasteiger partial charge in [0.15, 0.2) is 4.77 Å². The molecule has 1 heterocycles. The summed E-state index contributed by atoms with van der Waals surface area (Å²) in [4.78, 5) is 3.12. The van der Waals surface area contributed by atoms with E-state index in [1.807, 2.05) is 0 Å². The van der Waals surface area contributed by atoms with Gasteiger partial charge in [-0.3, -0.25) is 0 Å². The third-order valence-corrected chi connectivity index (χ3v) is 6.17. The first kappa shape index (κ1) is 13.8. The van der Waals surface area contributed by atoms with Crippen molar-refractivity contribution in [3.63, 3.8) is 0 Å². The highest BCUT2D eigenvalue weighted by atomic mass is 35.5. The van der Waals surface area contributed by atoms with Crippen LogP contribution in [-0.2, 0) is 0 Å². The second kappa shape index (κ2) is 4.82. The molecule has 4 rings (SSSR count). The number of halogens is 2. The average Bonchev–Trinajstić information content (AvgIpc) is 3.12. The second-order valence-corrected chi connectivity index (χ2v) is 7.46. The van der Waals surface area contributed by atoms with Crippen LogP contribution in [0.15, 0.2) is 12.1 Å². The number of nitrogens with zero attached hydrogens (tertiary/aromatic N) is 1. The zero-order valence-corrected chi connectivity index (χ0v) is 13.5. The Kier molecular flexibility index (Phi) is 3.16. The van der Waals surface area contributed by atoms with E-state index >= 15 is 0 Å². The molecule has 0 radical (unpaired) electrons. The maximum atomic E-state index is 13.6. The van der Waals surface area contributed by atoms with E-state index in [4.69, 9.17) is 23.8 Å². The highest BCUT2D eigenvalue weighted by Gasteiger charge is 2.42. The SMILES string of the molecule is CC(C1CC2CCC1C2)n1c(=S)[nH]c2cc(F)c(Cl)cc21. The van der Waals surface area contributed by atoms with Crippen molar-refractivity contribution >= 4 is 34.9 Å². The lowest BCUT2D eigenvalue weighted by Crippen LogP contribution is -2.22. The summed E-state index contributed by atoms with van der Waals surface area (Å²) in [6, 6.07) is 3.47. The molecule has 2 nitrogen and oxygen atoms in total. The Morgan fingerprint density at radius 3 is 2.86 bits per heavy atom. The Morgan fingerprint density at radius 2 is 2.19 bits per heavy atom. The van der Waals surface area contributed by atoms with Crippen LogP contribution in [0.25, 0.3) is 11.0 Å². The summed E-state index contributed by atoms with van der Waals surface area (Å²) < 4.78 is 16.4. The van der Waals surface area contributed by atoms with Crippen molar-refractivity contribution in [1.29, 1.82) is 0 Å². The largest absolute Gasteiger partial charge is 0.330 e. The number of aromatic amines is 1. The molecule has 0 aliphatic heterocycles. The van der Waals surface area contributed by atoms with E-state index in [0.717, 1.165) is 22.9 Å². The molecule has 1 aromatic carbocycles. The molecule has 0 saturated heterocycles. The van der Waals surface area contributed by atoms with E-state index < -0.39 is 5.82 Å². The summed E-state index contributed by atoms with van der Waals surface area (Å²) >= 11 is 11.4. The molecule has 2 aliphatic carbocycles. The Bertz CT molecular complexity index is 765. The summed E-state index contributed by atoms with van der Waals surface area (Å²) in [5, 5.41) is 0.158. The van der Waals surface area contributed by atoms with E-state index in [1.165, 1.54) is 31.7 Å². The maximum absolute atomic E-state index is 13.6. The zero-order valence-electron chi connectivity index (χ0n) is 11.9. The Morgan fingerprint density at radius 1 is 1.38 bits per heavy atom. The van der Waals surface area contributed by atoms with Gasteiger partial charge in [0, 0.05) is 12.1 Å². The van der Waals surface area contributed by atoms with E-state index in [2.05, 4.69) is 16.5 Å². The molecule has 0 spiro atoms. The molecule has 2 aliphatic rings. The Balaban J connectivity index is 1.80. The minimum absolute atomic E-state index is 0.158. The summed E-state index contributed by atoms with van der Waals surface area (Å²) in [5.74, 6) is 2.01. The van der Waals surface area contributed by atoms with Crippen LogP contribution in [-0.4, -0.2) is 9.55 Å². The fourth-order valence-electron chi connectivity index (χ4n) is 4.60. The van der Waals surface area contributed by atoms with Gasteiger partial charge in [-0.05, 0) is 62.2 Å². The first-order valence-electron chi connectivity index (χ1n) is 7.64. The molecule has 4 atom stereocenters. The van der Waals surface area contributed by atoms with Crippen LogP contribution in [0, 0.1) is 28.3 Å². The van der Waals surface area contributed by atoms with E-state index in [9.17, 15) is 4.39 Å². The molecule has 1 N–H and O–H groups in total. The van der Waals surface area contributed by atoms with Crippen LogP contribution in [0.1, 0.15) is 38.6 Å². The van der Waals surface area contributed by atoms with Gasteiger partial charge in [-0.25, -0.2) is 4.39 Å². The van der Waals surface area contributed by atoms with Gasteiger partial charge in [0.2, 0.25) is 0 Å². The van der Waals surface area contributed by atoms with Gasteiger partial charge in [0.25, 0.3) is 0 Å². The third kappa shape index (κ3) is 2.07. The molecule has 112 valence electrons. The van der Waals surface area contributed by atoms with Crippen LogP contribution >= 0.6 is 23.8 Å². The topological polar surface area (TPSA) is 20.7 Å². The van der Waals surface area contributed by atoms with Crippen molar-refractivity contribution in [1.82, 2.24) is 9.55 Å². The Hall–Kier alpha value is -0.870. The van der Waals surface area contributed by atoms with E-state index in [0.29, 0.717) is 16.7 Å². The molecule has 2 bridgehead atoms. The number of imidazole rings is 1. The van der Waals surface area contributed by atoms with Gasteiger partial charge < -0.3 is 9.55 Å². The number of rotatable bonds is 2. The third-order valence-electron chi connectivity index (χ3n) is 5.58. The molecule has 0 amide bonds. The molecular formula is C16H18ClFN2S. The number of aromatic nitrogens is 2. The summed E-state index contributed by atoms with van der Waals surface area (Å²) in [6.45, 7) is 2.24. The highest BCUT2D eigenvalue weighted by Crippen LogP contribution is 2.52. The van der Waals surface area contributed by atoms with Gasteiger partial charge in [0.1, 0.15) is 5.82 Å². The molecule has 21 heavy (non-hydrogen) atoms. The van der Waals surface area contributed by atoms with Crippen molar-refractivity contribution in [2.75, 3.05) is 0 Å². The van der Waals surface area contributed by atoms with Gasteiger partial charge in [-0.15, -0.1) is 0 Å². The van der Waals surface area contributed by atoms with Gasteiger partial charge in [0.05, 0.1) is 16.1 Å². The smallest absolute Gasteiger partial charge is 0.178 e. The van der Waals surface area contributed by atoms with E-state index in [1.54, 1.807) is 6.07 Å².